The SMILES string of the molecule is CCCN1C(=O)N(CCCO)C(=O)C2C1N=C(OCC)N2Cc1ccc(Cl)cc1. The Morgan fingerprint density at radius 1 is 1.14 bits per heavy atom. The van der Waals surface area contributed by atoms with Crippen molar-refractivity contribution in [3.8, 4) is 0 Å². The van der Waals surface area contributed by atoms with Gasteiger partial charge in [0.05, 0.1) is 6.61 Å². The molecule has 1 N–H and O–H groups in total. The van der Waals surface area contributed by atoms with Crippen LogP contribution in [-0.2, 0) is 16.1 Å². The van der Waals surface area contributed by atoms with Crippen molar-refractivity contribution in [1.82, 2.24) is 14.7 Å². The summed E-state index contributed by atoms with van der Waals surface area (Å²) in [4.78, 5) is 35.5. The number of rotatable bonds is 8. The minimum absolute atomic E-state index is 0.0892. The van der Waals surface area contributed by atoms with Crippen LogP contribution in [0.1, 0.15) is 32.3 Å². The topological polar surface area (TPSA) is 85.7 Å². The molecule has 1 aromatic rings. The first-order chi connectivity index (χ1) is 14.0. The number of urea groups is 1. The molecule has 158 valence electrons. The highest BCUT2D eigenvalue weighted by Crippen LogP contribution is 2.31. The van der Waals surface area contributed by atoms with Gasteiger partial charge in [0.2, 0.25) is 0 Å². The van der Waals surface area contributed by atoms with Gasteiger partial charge < -0.3 is 14.7 Å². The van der Waals surface area contributed by atoms with Crippen LogP contribution in [0.3, 0.4) is 0 Å². The second-order valence-electron chi connectivity index (χ2n) is 7.00. The highest BCUT2D eigenvalue weighted by Gasteiger charge is 2.53. The molecular weight excluding hydrogens is 396 g/mol. The number of hydrogen-bond acceptors (Lipinski definition) is 6. The Kier molecular flexibility index (Phi) is 6.97. The van der Waals surface area contributed by atoms with Gasteiger partial charge in [0, 0.05) is 31.3 Å². The first-order valence-electron chi connectivity index (χ1n) is 9.96. The van der Waals surface area contributed by atoms with Crippen molar-refractivity contribution >= 4 is 29.6 Å². The van der Waals surface area contributed by atoms with Crippen molar-refractivity contribution in [3.63, 3.8) is 0 Å². The fourth-order valence-corrected chi connectivity index (χ4v) is 3.79. The molecule has 1 aromatic carbocycles. The first kappa shape index (κ1) is 21.4. The Labute approximate surface area is 175 Å². The number of ether oxygens (including phenoxy) is 1. The number of aliphatic hydroxyl groups excluding tert-OH is 1. The van der Waals surface area contributed by atoms with Crippen molar-refractivity contribution in [1.29, 1.82) is 0 Å². The van der Waals surface area contributed by atoms with Gasteiger partial charge >= 0.3 is 6.03 Å². The van der Waals surface area contributed by atoms with Crippen LogP contribution in [0.25, 0.3) is 0 Å². The van der Waals surface area contributed by atoms with E-state index in [4.69, 9.17) is 16.3 Å². The van der Waals surface area contributed by atoms with Crippen LogP contribution < -0.4 is 0 Å². The average molecular weight is 423 g/mol. The van der Waals surface area contributed by atoms with Gasteiger partial charge in [0.1, 0.15) is 0 Å². The molecule has 2 heterocycles. The monoisotopic (exact) mass is 422 g/mol. The Bertz CT molecular complexity index is 770. The molecule has 2 atom stereocenters. The van der Waals surface area contributed by atoms with Gasteiger partial charge in [0.25, 0.3) is 11.9 Å². The lowest BCUT2D eigenvalue weighted by atomic mass is 10.1. The van der Waals surface area contributed by atoms with Crippen LogP contribution in [0.15, 0.2) is 29.3 Å². The van der Waals surface area contributed by atoms with E-state index >= 15 is 0 Å². The van der Waals surface area contributed by atoms with Crippen molar-refractivity contribution in [2.45, 2.75) is 45.4 Å². The summed E-state index contributed by atoms with van der Waals surface area (Å²) in [6.07, 6.45) is 0.466. The second kappa shape index (κ2) is 9.45. The maximum absolute atomic E-state index is 13.3. The molecule has 2 aliphatic rings. The lowest BCUT2D eigenvalue weighted by Crippen LogP contribution is -2.66. The number of carbonyl (C=O) groups is 2. The number of aliphatic hydroxyl groups is 1. The number of aliphatic imine (C=N–C) groups is 1. The molecule has 0 saturated carbocycles. The zero-order valence-electron chi connectivity index (χ0n) is 16.8. The smallest absolute Gasteiger partial charge is 0.328 e. The van der Waals surface area contributed by atoms with E-state index in [0.717, 1.165) is 12.0 Å². The lowest BCUT2D eigenvalue weighted by molar-refractivity contribution is -0.138. The molecule has 29 heavy (non-hydrogen) atoms. The van der Waals surface area contributed by atoms with Gasteiger partial charge in [-0.3, -0.25) is 14.6 Å². The number of halogens is 1. The van der Waals surface area contributed by atoms with Crippen molar-refractivity contribution in [3.05, 3.63) is 34.9 Å². The minimum atomic E-state index is -0.657. The second-order valence-corrected chi connectivity index (χ2v) is 7.44. The van der Waals surface area contributed by atoms with Crippen molar-refractivity contribution in [2.24, 2.45) is 4.99 Å². The van der Waals surface area contributed by atoms with E-state index in [1.165, 1.54) is 4.90 Å². The maximum atomic E-state index is 13.3. The predicted octanol–water partition coefficient (Wildman–Crippen LogP) is 2.30. The minimum Gasteiger partial charge on any atom is -0.465 e. The third kappa shape index (κ3) is 4.33. The van der Waals surface area contributed by atoms with Crippen LogP contribution in [0.5, 0.6) is 0 Å². The fourth-order valence-electron chi connectivity index (χ4n) is 3.67. The Morgan fingerprint density at radius 3 is 2.48 bits per heavy atom. The molecule has 0 radical (unpaired) electrons. The van der Waals surface area contributed by atoms with Crippen LogP contribution in [0, 0.1) is 0 Å². The van der Waals surface area contributed by atoms with Gasteiger partial charge in [-0.2, -0.15) is 0 Å². The van der Waals surface area contributed by atoms with Crippen LogP contribution in [0.2, 0.25) is 5.02 Å². The maximum Gasteiger partial charge on any atom is 0.328 e. The molecule has 3 rings (SSSR count). The van der Waals surface area contributed by atoms with Gasteiger partial charge in [-0.25, -0.2) is 9.79 Å². The zero-order chi connectivity index (χ0) is 21.0. The quantitative estimate of drug-likeness (QED) is 0.694. The standard InChI is InChI=1S/C20H27ClN4O4/c1-3-10-23-17-16(18(27)24(20(23)28)11-5-12-26)25(19(22-17)29-4-2)13-14-6-8-15(21)9-7-14/h6-9,16-17,26H,3-5,10-13H2,1-2H3. The van der Waals surface area contributed by atoms with E-state index in [2.05, 4.69) is 4.99 Å². The molecule has 0 aliphatic carbocycles. The molecular formula is C20H27ClN4O4. The molecule has 8 nitrogen and oxygen atoms in total. The number of amidine groups is 1. The summed E-state index contributed by atoms with van der Waals surface area (Å²) in [6, 6.07) is 6.73. The molecule has 1 saturated heterocycles. The lowest BCUT2D eigenvalue weighted by Gasteiger charge is -2.42. The molecule has 9 heteroatoms. The van der Waals surface area contributed by atoms with Gasteiger partial charge in [-0.15, -0.1) is 0 Å². The normalized spacial score (nSPS) is 21.5. The van der Waals surface area contributed by atoms with E-state index in [1.54, 1.807) is 17.0 Å². The third-order valence-electron chi connectivity index (χ3n) is 4.97. The van der Waals surface area contributed by atoms with Gasteiger partial charge in [-0.1, -0.05) is 30.7 Å². The summed E-state index contributed by atoms with van der Waals surface area (Å²) in [6.45, 7) is 5.22. The van der Waals surface area contributed by atoms with Crippen molar-refractivity contribution in [2.75, 3.05) is 26.3 Å². The van der Waals surface area contributed by atoms with Crippen LogP contribution >= 0.6 is 11.6 Å². The van der Waals surface area contributed by atoms with E-state index in [-0.39, 0.29) is 25.1 Å². The summed E-state index contributed by atoms with van der Waals surface area (Å²) in [7, 11) is 0. The summed E-state index contributed by atoms with van der Waals surface area (Å²) >= 11 is 5.99. The number of fused-ring (bicyclic) bond motifs is 1. The molecule has 1 fully saturated rings. The van der Waals surface area contributed by atoms with Gasteiger partial charge in [0.15, 0.2) is 12.2 Å². The molecule has 0 aromatic heterocycles. The summed E-state index contributed by atoms with van der Waals surface area (Å²) in [5, 5.41) is 9.82. The van der Waals surface area contributed by atoms with Gasteiger partial charge in [-0.05, 0) is 37.5 Å². The summed E-state index contributed by atoms with van der Waals surface area (Å²) < 4.78 is 5.73. The number of amides is 3. The van der Waals surface area contributed by atoms with E-state index in [9.17, 15) is 14.7 Å². The first-order valence-corrected chi connectivity index (χ1v) is 10.3. The van der Waals surface area contributed by atoms with E-state index in [0.29, 0.717) is 37.2 Å². The van der Waals surface area contributed by atoms with E-state index < -0.39 is 12.2 Å². The average Bonchev–Trinajstić information content (AvgIpc) is 3.05. The number of imide groups is 1. The van der Waals surface area contributed by atoms with Crippen LogP contribution in [-0.4, -0.2) is 76.3 Å². The third-order valence-corrected chi connectivity index (χ3v) is 5.22. The number of carbonyl (C=O) groups excluding carboxylic acids is 2. The van der Waals surface area contributed by atoms with E-state index in [1.807, 2.05) is 30.9 Å². The highest BCUT2D eigenvalue weighted by atomic mass is 35.5. The molecule has 2 unspecified atom stereocenters. The fraction of sp³-hybridized carbons (Fsp3) is 0.550. The highest BCUT2D eigenvalue weighted by molar-refractivity contribution is 6.30. The molecule has 0 spiro atoms. The summed E-state index contributed by atoms with van der Waals surface area (Å²) in [5.41, 5.74) is 0.955. The summed E-state index contributed by atoms with van der Waals surface area (Å²) in [5.74, 6) is -0.312. The van der Waals surface area contributed by atoms with Crippen molar-refractivity contribution < 1.29 is 19.4 Å². The molecule has 3 amide bonds. The Morgan fingerprint density at radius 2 is 1.86 bits per heavy atom. The van der Waals surface area contributed by atoms with Crippen LogP contribution in [0.4, 0.5) is 4.79 Å². The Balaban J connectivity index is 1.94. The predicted molar refractivity (Wildman–Crippen MR) is 109 cm³/mol. The number of hydrogen-bond donors (Lipinski definition) is 1. The molecule has 2 aliphatic heterocycles. The Hall–Kier alpha value is -2.32. The number of nitrogens with zero attached hydrogens (tertiary/aromatic N) is 4. The molecule has 0 bridgehead atoms. The number of benzene rings is 1. The largest absolute Gasteiger partial charge is 0.465 e. The zero-order valence-corrected chi connectivity index (χ0v) is 17.5.